The standard InChI is InChI=1S/C14H17F3N2O/c15-9-7-11(16)14(17)12(8-9)19-13(20)5-4-10-3-1-2-6-18-10/h7-8,10,18H,1-6H2,(H,19,20). The zero-order chi connectivity index (χ0) is 14.5. The maximum Gasteiger partial charge on any atom is 0.224 e. The average molecular weight is 286 g/mol. The second-order valence-corrected chi connectivity index (χ2v) is 4.98. The van der Waals surface area contributed by atoms with Crippen LogP contribution in [0.2, 0.25) is 0 Å². The molecule has 1 fully saturated rings. The maximum atomic E-state index is 13.4. The first-order valence-corrected chi connectivity index (χ1v) is 6.74. The van der Waals surface area contributed by atoms with Gasteiger partial charge in [-0.2, -0.15) is 0 Å². The Balaban J connectivity index is 1.88. The van der Waals surface area contributed by atoms with Gasteiger partial charge in [0.05, 0.1) is 5.69 Å². The third-order valence-electron chi connectivity index (χ3n) is 3.40. The number of hydrogen-bond donors (Lipinski definition) is 2. The van der Waals surface area contributed by atoms with E-state index in [0.717, 1.165) is 31.9 Å². The van der Waals surface area contributed by atoms with Crippen LogP contribution >= 0.6 is 0 Å². The van der Waals surface area contributed by atoms with E-state index in [0.29, 0.717) is 12.5 Å². The van der Waals surface area contributed by atoms with Crippen molar-refractivity contribution in [2.24, 2.45) is 0 Å². The normalized spacial score (nSPS) is 18.9. The van der Waals surface area contributed by atoms with Crippen LogP contribution in [0.3, 0.4) is 0 Å². The Morgan fingerprint density at radius 2 is 2.10 bits per heavy atom. The van der Waals surface area contributed by atoms with Crippen molar-refractivity contribution in [3.05, 3.63) is 29.6 Å². The van der Waals surface area contributed by atoms with Crippen LogP contribution in [0, 0.1) is 17.5 Å². The Labute approximate surface area is 115 Å². The molecule has 0 radical (unpaired) electrons. The van der Waals surface area contributed by atoms with Crippen molar-refractivity contribution in [1.82, 2.24) is 5.32 Å². The van der Waals surface area contributed by atoms with Gasteiger partial charge in [-0.1, -0.05) is 6.42 Å². The lowest BCUT2D eigenvalue weighted by atomic mass is 10.0. The third kappa shape index (κ3) is 3.96. The van der Waals surface area contributed by atoms with Crippen molar-refractivity contribution in [2.45, 2.75) is 38.1 Å². The molecule has 1 aliphatic rings. The summed E-state index contributed by atoms with van der Waals surface area (Å²) in [5, 5.41) is 5.50. The van der Waals surface area contributed by atoms with E-state index in [1.807, 2.05) is 0 Å². The van der Waals surface area contributed by atoms with E-state index in [-0.39, 0.29) is 12.5 Å². The molecule has 1 atom stereocenters. The number of hydrogen-bond acceptors (Lipinski definition) is 2. The maximum absolute atomic E-state index is 13.4. The van der Waals surface area contributed by atoms with E-state index >= 15 is 0 Å². The van der Waals surface area contributed by atoms with Gasteiger partial charge in [0.15, 0.2) is 11.6 Å². The van der Waals surface area contributed by atoms with Gasteiger partial charge in [-0.15, -0.1) is 0 Å². The first-order valence-electron chi connectivity index (χ1n) is 6.74. The number of rotatable bonds is 4. The summed E-state index contributed by atoms with van der Waals surface area (Å²) < 4.78 is 39.3. The van der Waals surface area contributed by atoms with Gasteiger partial charge in [0.25, 0.3) is 0 Å². The van der Waals surface area contributed by atoms with E-state index in [2.05, 4.69) is 10.6 Å². The zero-order valence-electron chi connectivity index (χ0n) is 11.0. The molecule has 0 spiro atoms. The lowest BCUT2D eigenvalue weighted by Gasteiger charge is -2.23. The Hall–Kier alpha value is -1.56. The van der Waals surface area contributed by atoms with E-state index < -0.39 is 29.0 Å². The van der Waals surface area contributed by atoms with Gasteiger partial charge in [0, 0.05) is 24.6 Å². The van der Waals surface area contributed by atoms with Crippen molar-refractivity contribution in [3.8, 4) is 0 Å². The minimum Gasteiger partial charge on any atom is -0.323 e. The molecule has 1 aromatic carbocycles. The van der Waals surface area contributed by atoms with Crippen molar-refractivity contribution < 1.29 is 18.0 Å². The van der Waals surface area contributed by atoms with E-state index in [9.17, 15) is 18.0 Å². The number of nitrogens with one attached hydrogen (secondary N) is 2. The van der Waals surface area contributed by atoms with Gasteiger partial charge < -0.3 is 10.6 Å². The summed E-state index contributed by atoms with van der Waals surface area (Å²) in [4.78, 5) is 11.7. The highest BCUT2D eigenvalue weighted by atomic mass is 19.2. The summed E-state index contributed by atoms with van der Waals surface area (Å²) in [6, 6.07) is 1.50. The summed E-state index contributed by atoms with van der Waals surface area (Å²) in [7, 11) is 0. The molecule has 2 N–H and O–H groups in total. The van der Waals surface area contributed by atoms with Gasteiger partial charge in [-0.25, -0.2) is 13.2 Å². The number of carbonyl (C=O) groups excluding carboxylic acids is 1. The van der Waals surface area contributed by atoms with Crippen LogP contribution < -0.4 is 10.6 Å². The molecule has 6 heteroatoms. The minimum absolute atomic E-state index is 0.190. The van der Waals surface area contributed by atoms with Crippen LogP contribution in [0.15, 0.2) is 12.1 Å². The lowest BCUT2D eigenvalue weighted by Crippen LogP contribution is -2.34. The lowest BCUT2D eigenvalue weighted by molar-refractivity contribution is -0.116. The average Bonchev–Trinajstić information content (AvgIpc) is 2.43. The number of halogens is 3. The molecule has 0 bridgehead atoms. The number of piperidine rings is 1. The monoisotopic (exact) mass is 286 g/mol. The molecule has 1 heterocycles. The van der Waals surface area contributed by atoms with Crippen LogP contribution in [-0.2, 0) is 4.79 Å². The number of benzene rings is 1. The highest BCUT2D eigenvalue weighted by molar-refractivity contribution is 5.90. The van der Waals surface area contributed by atoms with E-state index in [1.165, 1.54) is 0 Å². The third-order valence-corrected chi connectivity index (χ3v) is 3.40. The predicted octanol–water partition coefficient (Wildman–Crippen LogP) is 2.96. The van der Waals surface area contributed by atoms with Crippen molar-refractivity contribution in [1.29, 1.82) is 0 Å². The van der Waals surface area contributed by atoms with Crippen LogP contribution in [0.5, 0.6) is 0 Å². The Morgan fingerprint density at radius 3 is 2.80 bits per heavy atom. The van der Waals surface area contributed by atoms with Gasteiger partial charge in [0.2, 0.25) is 5.91 Å². The van der Waals surface area contributed by atoms with E-state index in [4.69, 9.17) is 0 Å². The number of amides is 1. The fourth-order valence-electron chi connectivity index (χ4n) is 2.34. The molecule has 1 aromatic rings. The molecule has 0 aliphatic carbocycles. The summed E-state index contributed by atoms with van der Waals surface area (Å²) in [6.45, 7) is 0.940. The van der Waals surface area contributed by atoms with Gasteiger partial charge in [-0.05, 0) is 25.8 Å². The first kappa shape index (κ1) is 14.8. The fourth-order valence-corrected chi connectivity index (χ4v) is 2.34. The molecule has 1 unspecified atom stereocenters. The smallest absolute Gasteiger partial charge is 0.224 e. The number of carbonyl (C=O) groups is 1. The molecular weight excluding hydrogens is 269 g/mol. The Kier molecular flexibility index (Phi) is 5.00. The Bertz CT molecular complexity index is 488. The molecule has 20 heavy (non-hydrogen) atoms. The molecular formula is C14H17F3N2O. The van der Waals surface area contributed by atoms with Crippen molar-refractivity contribution in [3.63, 3.8) is 0 Å². The second-order valence-electron chi connectivity index (χ2n) is 4.98. The summed E-state index contributed by atoms with van der Waals surface area (Å²) in [5.41, 5.74) is -0.455. The Morgan fingerprint density at radius 1 is 1.30 bits per heavy atom. The van der Waals surface area contributed by atoms with Crippen LogP contribution in [-0.4, -0.2) is 18.5 Å². The molecule has 110 valence electrons. The van der Waals surface area contributed by atoms with Crippen molar-refractivity contribution in [2.75, 3.05) is 11.9 Å². The second kappa shape index (κ2) is 6.74. The van der Waals surface area contributed by atoms with Gasteiger partial charge in [0.1, 0.15) is 5.82 Å². The molecule has 1 aliphatic heterocycles. The SMILES string of the molecule is O=C(CCC1CCCCN1)Nc1cc(F)cc(F)c1F. The zero-order valence-corrected chi connectivity index (χ0v) is 11.0. The van der Waals surface area contributed by atoms with Gasteiger partial charge >= 0.3 is 0 Å². The molecule has 1 saturated heterocycles. The van der Waals surface area contributed by atoms with Gasteiger partial charge in [-0.3, -0.25) is 4.79 Å². The van der Waals surface area contributed by atoms with Crippen LogP contribution in [0.1, 0.15) is 32.1 Å². The largest absolute Gasteiger partial charge is 0.323 e. The molecule has 3 nitrogen and oxygen atoms in total. The highest BCUT2D eigenvalue weighted by Gasteiger charge is 2.16. The summed E-state index contributed by atoms with van der Waals surface area (Å²) in [6.07, 6.45) is 4.09. The molecule has 0 aromatic heterocycles. The summed E-state index contributed by atoms with van der Waals surface area (Å²) >= 11 is 0. The predicted molar refractivity (Wildman–Crippen MR) is 69.8 cm³/mol. The summed E-state index contributed by atoms with van der Waals surface area (Å²) in [5.74, 6) is -3.92. The molecule has 2 rings (SSSR count). The van der Waals surface area contributed by atoms with E-state index in [1.54, 1.807) is 0 Å². The topological polar surface area (TPSA) is 41.1 Å². The van der Waals surface area contributed by atoms with Crippen LogP contribution in [0.4, 0.5) is 18.9 Å². The first-order chi connectivity index (χ1) is 9.56. The van der Waals surface area contributed by atoms with Crippen molar-refractivity contribution >= 4 is 11.6 Å². The van der Waals surface area contributed by atoms with Crippen LogP contribution in [0.25, 0.3) is 0 Å². The molecule has 0 saturated carbocycles. The quantitative estimate of drug-likeness (QED) is 0.836. The number of anilines is 1. The minimum atomic E-state index is -1.31. The highest BCUT2D eigenvalue weighted by Crippen LogP contribution is 2.20. The molecule has 1 amide bonds. The fraction of sp³-hybridized carbons (Fsp3) is 0.500.